The van der Waals surface area contributed by atoms with Crippen LogP contribution in [0.15, 0.2) is 16.9 Å². The summed E-state index contributed by atoms with van der Waals surface area (Å²) in [7, 11) is 1.77. The number of aromatic nitrogens is 2. The van der Waals surface area contributed by atoms with E-state index in [2.05, 4.69) is 4.98 Å². The van der Waals surface area contributed by atoms with Crippen LogP contribution in [0.2, 0.25) is 0 Å². The molecule has 1 N–H and O–H groups in total. The number of imidazole rings is 1. The molecule has 0 saturated carbocycles. The molecule has 3 nitrogen and oxygen atoms in total. The van der Waals surface area contributed by atoms with Gasteiger partial charge in [0, 0.05) is 8.47 Å². The van der Waals surface area contributed by atoms with Gasteiger partial charge < -0.3 is 4.98 Å². The number of hydrogen-bond acceptors (Lipinski definition) is 1. The highest BCUT2D eigenvalue weighted by atomic mass is 16.1. The molecule has 0 unspecified atom stereocenters. The summed E-state index contributed by atoms with van der Waals surface area (Å²) < 4.78 is 1.61. The fraction of sp³-hybridized carbons (Fsp3) is 0.364. The van der Waals surface area contributed by atoms with Crippen molar-refractivity contribution in [2.24, 2.45) is 7.05 Å². The van der Waals surface area contributed by atoms with Crippen LogP contribution >= 0.6 is 0 Å². The van der Waals surface area contributed by atoms with Crippen molar-refractivity contribution in [3.8, 4) is 0 Å². The second-order valence-corrected chi connectivity index (χ2v) is 2.83. The van der Waals surface area contributed by atoms with E-state index in [0.717, 1.165) is 17.8 Å². The van der Waals surface area contributed by atoms with Gasteiger partial charge in [0.05, 0.1) is 11.4 Å². The summed E-state index contributed by atoms with van der Waals surface area (Å²) >= 11 is 0. The van der Waals surface area contributed by atoms with Gasteiger partial charge in [0.2, 0.25) is 0 Å². The summed E-state index contributed by atoms with van der Waals surface area (Å²) in [6.07, 6.45) is 8.90. The Morgan fingerprint density at radius 1 is 1.36 bits per heavy atom. The Labute approximate surface area is 85.3 Å². The van der Waals surface area contributed by atoms with E-state index in [1.54, 1.807) is 11.6 Å². The number of fused-ring (bicyclic) bond motifs is 1. The van der Waals surface area contributed by atoms with Gasteiger partial charge in [-0.25, -0.2) is 4.79 Å². The Morgan fingerprint density at radius 3 is 2.71 bits per heavy atom. The predicted octanol–water partition coefficient (Wildman–Crippen LogP) is 2.42. The molecule has 0 atom stereocenters. The third-order valence-corrected chi connectivity index (χ3v) is 2.02. The van der Waals surface area contributed by atoms with E-state index in [-0.39, 0.29) is 7.12 Å². The molecule has 78 valence electrons. The van der Waals surface area contributed by atoms with Gasteiger partial charge >= 0.3 is 5.69 Å². The average Bonchev–Trinajstić information content (AvgIpc) is 2.44. The van der Waals surface area contributed by atoms with Gasteiger partial charge in [-0.3, -0.25) is 4.57 Å². The van der Waals surface area contributed by atoms with Crippen molar-refractivity contribution in [3.63, 3.8) is 0 Å². The van der Waals surface area contributed by atoms with Gasteiger partial charge in [0.25, 0.3) is 0 Å². The van der Waals surface area contributed by atoms with Crippen LogP contribution in [-0.4, -0.2) is 9.55 Å². The van der Waals surface area contributed by atoms with Crippen molar-refractivity contribution in [2.45, 2.75) is 20.3 Å². The lowest BCUT2D eigenvalue weighted by molar-refractivity contribution is 0.853. The fourth-order valence-electron chi connectivity index (χ4n) is 1.33. The minimum atomic E-state index is -0.0591. The highest BCUT2D eigenvalue weighted by molar-refractivity contribution is 5.62. The fourth-order valence-corrected chi connectivity index (χ4v) is 1.33. The Bertz CT molecular complexity index is 413. The van der Waals surface area contributed by atoms with Crippen LogP contribution in [0.1, 0.15) is 33.1 Å². The maximum Gasteiger partial charge on any atom is 0.326 e. The molecular weight excluding hydrogens is 176 g/mol. The summed E-state index contributed by atoms with van der Waals surface area (Å²) in [5.41, 5.74) is 1.79. The number of allylic oxidation sites excluding steroid dienone is 2. The highest BCUT2D eigenvalue weighted by Crippen LogP contribution is 2.12. The number of nitrogens with one attached hydrogen (secondary N) is 1. The molecule has 0 radical (unpaired) electrons. The first-order valence-corrected chi connectivity index (χ1v) is 4.91. The molecule has 0 saturated heterocycles. The van der Waals surface area contributed by atoms with Gasteiger partial charge in [-0.15, -0.1) is 0 Å². The predicted molar refractivity (Wildman–Crippen MR) is 62.2 cm³/mol. The molecule has 0 aliphatic heterocycles. The minimum absolute atomic E-state index is 0. The average molecular weight is 194 g/mol. The Balaban J connectivity index is 0.000000617. The number of H-pyrrole nitrogens is 1. The second kappa shape index (κ2) is 4.65. The molecule has 3 heteroatoms. The maximum atomic E-state index is 11.2. The number of rotatable bonds is 0. The maximum absolute atomic E-state index is 11.2. The monoisotopic (exact) mass is 194 g/mol. The third kappa shape index (κ3) is 1.87. The van der Waals surface area contributed by atoms with Crippen LogP contribution < -0.4 is 5.69 Å². The molecule has 1 aromatic heterocycles. The largest absolute Gasteiger partial charge is 0.326 e. The Hall–Kier alpha value is -1.51. The van der Waals surface area contributed by atoms with E-state index >= 15 is 0 Å². The topological polar surface area (TPSA) is 37.8 Å². The standard InChI is InChI=1S/C9H10N2O.C2H6.H2/c1-11-8-6-4-2-3-5-7(8)10-9(11)12;1-2;/h3-6H,2H2,1H3,(H,10,12);1-2H3;1H. The van der Waals surface area contributed by atoms with Gasteiger partial charge in [0.1, 0.15) is 0 Å². The van der Waals surface area contributed by atoms with Crippen LogP contribution in [0.25, 0.3) is 12.2 Å². The van der Waals surface area contributed by atoms with Gasteiger partial charge in [-0.1, -0.05) is 26.0 Å². The van der Waals surface area contributed by atoms with E-state index in [1.807, 2.05) is 38.2 Å². The summed E-state index contributed by atoms with van der Waals surface area (Å²) in [5, 5.41) is 0. The van der Waals surface area contributed by atoms with Crippen molar-refractivity contribution in [3.05, 3.63) is 34.0 Å². The highest BCUT2D eigenvalue weighted by Gasteiger charge is 2.06. The molecule has 0 spiro atoms. The smallest absolute Gasteiger partial charge is 0.306 e. The van der Waals surface area contributed by atoms with Crippen LogP contribution in [0, 0.1) is 0 Å². The summed E-state index contributed by atoms with van der Waals surface area (Å²) in [5.74, 6) is 0. The summed E-state index contributed by atoms with van der Waals surface area (Å²) in [6.45, 7) is 4.00. The van der Waals surface area contributed by atoms with E-state index in [9.17, 15) is 4.79 Å². The molecule has 0 amide bonds. The van der Waals surface area contributed by atoms with Crippen molar-refractivity contribution in [1.82, 2.24) is 9.55 Å². The number of hydrogen-bond donors (Lipinski definition) is 1. The summed E-state index contributed by atoms with van der Waals surface area (Å²) in [6, 6.07) is 0. The summed E-state index contributed by atoms with van der Waals surface area (Å²) in [4.78, 5) is 13.9. The van der Waals surface area contributed by atoms with Crippen LogP contribution in [0.3, 0.4) is 0 Å². The molecule has 1 aliphatic carbocycles. The molecule has 2 rings (SSSR count). The zero-order valence-electron chi connectivity index (χ0n) is 8.87. The first-order chi connectivity index (χ1) is 6.79. The number of nitrogens with zero attached hydrogens (tertiary/aromatic N) is 1. The SMILES string of the molecule is CC.Cn1c2c([nH]c1=O)C=CCC=C2.[HH]. The second-order valence-electron chi connectivity index (χ2n) is 2.83. The van der Waals surface area contributed by atoms with Crippen LogP contribution in [0.4, 0.5) is 0 Å². The quantitative estimate of drug-likeness (QED) is 0.676. The molecule has 1 heterocycles. The van der Waals surface area contributed by atoms with E-state index < -0.39 is 0 Å². The first kappa shape index (κ1) is 10.6. The van der Waals surface area contributed by atoms with Crippen LogP contribution in [0.5, 0.6) is 0 Å². The van der Waals surface area contributed by atoms with Crippen LogP contribution in [-0.2, 0) is 7.05 Å². The molecule has 1 aromatic rings. The lowest BCUT2D eigenvalue weighted by atomic mass is 10.3. The lowest BCUT2D eigenvalue weighted by Gasteiger charge is -1.93. The van der Waals surface area contributed by atoms with Gasteiger partial charge in [-0.2, -0.15) is 0 Å². The minimum Gasteiger partial charge on any atom is -0.306 e. The Kier molecular flexibility index (Phi) is 3.51. The normalized spacial score (nSPS) is 12.8. The zero-order chi connectivity index (χ0) is 10.6. The molecule has 14 heavy (non-hydrogen) atoms. The molecule has 0 fully saturated rings. The molecular formula is C11H18N2O. The number of aromatic amines is 1. The third-order valence-electron chi connectivity index (χ3n) is 2.02. The van der Waals surface area contributed by atoms with Gasteiger partial charge in [0.15, 0.2) is 0 Å². The van der Waals surface area contributed by atoms with Crippen molar-refractivity contribution >= 4 is 12.2 Å². The van der Waals surface area contributed by atoms with E-state index in [0.29, 0.717) is 0 Å². The zero-order valence-corrected chi connectivity index (χ0v) is 8.87. The molecule has 1 aliphatic rings. The van der Waals surface area contributed by atoms with Crippen molar-refractivity contribution in [2.75, 3.05) is 0 Å². The van der Waals surface area contributed by atoms with Crippen molar-refractivity contribution in [1.29, 1.82) is 0 Å². The van der Waals surface area contributed by atoms with E-state index in [4.69, 9.17) is 0 Å². The first-order valence-electron chi connectivity index (χ1n) is 4.91. The Morgan fingerprint density at radius 2 is 2.00 bits per heavy atom. The van der Waals surface area contributed by atoms with Crippen molar-refractivity contribution < 1.29 is 1.43 Å². The molecule has 0 bridgehead atoms. The lowest BCUT2D eigenvalue weighted by Crippen LogP contribution is -2.13. The van der Waals surface area contributed by atoms with E-state index in [1.165, 1.54) is 0 Å². The molecule has 0 aromatic carbocycles. The van der Waals surface area contributed by atoms with Gasteiger partial charge in [-0.05, 0) is 18.6 Å².